The highest BCUT2D eigenvalue weighted by Gasteiger charge is 2.37. The zero-order valence-electron chi connectivity index (χ0n) is 22.7. The van der Waals surface area contributed by atoms with Crippen LogP contribution in [-0.4, -0.2) is 23.7 Å². The van der Waals surface area contributed by atoms with Crippen LogP contribution in [0.4, 0.5) is 5.69 Å². The number of rotatable bonds is 11. The number of fused-ring (bicyclic) bond motifs is 1. The van der Waals surface area contributed by atoms with E-state index in [1.165, 1.54) is 47.2 Å². The number of hydrogen-bond acceptors (Lipinski definition) is 3. The van der Waals surface area contributed by atoms with Crippen LogP contribution in [0.25, 0.3) is 10.9 Å². The van der Waals surface area contributed by atoms with Gasteiger partial charge in [-0.2, -0.15) is 0 Å². The largest absolute Gasteiger partial charge is 0.375 e. The Balaban J connectivity index is 2.05. The van der Waals surface area contributed by atoms with E-state index < -0.39 is 0 Å². The molecule has 1 aromatic carbocycles. The Hall–Kier alpha value is -1.39. The van der Waals surface area contributed by atoms with Gasteiger partial charge in [0.1, 0.15) is 0 Å². The highest BCUT2D eigenvalue weighted by Crippen LogP contribution is 2.41. The van der Waals surface area contributed by atoms with Crippen LogP contribution in [0.2, 0.25) is 0 Å². The molecule has 34 heavy (non-hydrogen) atoms. The van der Waals surface area contributed by atoms with Crippen LogP contribution >= 0.6 is 15.9 Å². The topological polar surface area (TPSA) is 25.4 Å². The van der Waals surface area contributed by atoms with Crippen molar-refractivity contribution >= 4 is 32.5 Å². The quantitative estimate of drug-likeness (QED) is 0.290. The van der Waals surface area contributed by atoms with Gasteiger partial charge in [-0.1, -0.05) is 55.6 Å². The molecule has 0 saturated heterocycles. The van der Waals surface area contributed by atoms with Crippen molar-refractivity contribution in [1.82, 2.24) is 4.98 Å². The van der Waals surface area contributed by atoms with Crippen molar-refractivity contribution in [3.63, 3.8) is 0 Å². The van der Waals surface area contributed by atoms with Crippen LogP contribution in [0.3, 0.4) is 0 Å². The van der Waals surface area contributed by atoms with Crippen molar-refractivity contribution in [2.24, 2.45) is 11.3 Å². The normalized spacial score (nSPS) is 17.3. The Morgan fingerprint density at radius 3 is 2.41 bits per heavy atom. The number of aryl methyl sites for hydroxylation is 1. The monoisotopic (exact) mass is 528 g/mol. The highest BCUT2D eigenvalue weighted by molar-refractivity contribution is 9.10. The molecule has 2 aromatic rings. The van der Waals surface area contributed by atoms with Gasteiger partial charge in [0.15, 0.2) is 0 Å². The molecule has 4 heteroatoms. The van der Waals surface area contributed by atoms with E-state index in [0.717, 1.165) is 42.4 Å². The SMILES string of the molecule is CC/C(C)=C(\CC)N(CC(C)(CC)COC(C)(C)C1CCC1)c1c(C)cnc2cc(Br)ccc12. The molecule has 1 fully saturated rings. The van der Waals surface area contributed by atoms with E-state index in [2.05, 4.69) is 94.4 Å². The van der Waals surface area contributed by atoms with E-state index in [-0.39, 0.29) is 11.0 Å². The summed E-state index contributed by atoms with van der Waals surface area (Å²) in [5.74, 6) is 0.697. The first-order valence-corrected chi connectivity index (χ1v) is 14.0. The van der Waals surface area contributed by atoms with Gasteiger partial charge in [-0.3, -0.25) is 4.98 Å². The van der Waals surface area contributed by atoms with Crippen molar-refractivity contribution in [1.29, 1.82) is 0 Å². The molecule has 0 aliphatic heterocycles. The van der Waals surface area contributed by atoms with Gasteiger partial charge in [-0.25, -0.2) is 0 Å². The van der Waals surface area contributed by atoms with E-state index >= 15 is 0 Å². The van der Waals surface area contributed by atoms with Gasteiger partial charge < -0.3 is 9.64 Å². The summed E-state index contributed by atoms with van der Waals surface area (Å²) < 4.78 is 7.76. The van der Waals surface area contributed by atoms with Crippen LogP contribution in [0.15, 0.2) is 40.1 Å². The van der Waals surface area contributed by atoms with Gasteiger partial charge in [0.25, 0.3) is 0 Å². The van der Waals surface area contributed by atoms with E-state index in [9.17, 15) is 0 Å². The Morgan fingerprint density at radius 2 is 1.85 bits per heavy atom. The number of pyridine rings is 1. The maximum absolute atomic E-state index is 6.70. The lowest BCUT2D eigenvalue weighted by molar-refractivity contribution is -0.109. The first kappa shape index (κ1) is 27.2. The van der Waals surface area contributed by atoms with E-state index in [1.54, 1.807) is 0 Å². The predicted molar refractivity (Wildman–Crippen MR) is 151 cm³/mol. The average Bonchev–Trinajstić information content (AvgIpc) is 2.76. The molecule has 1 unspecified atom stereocenters. The summed E-state index contributed by atoms with van der Waals surface area (Å²) >= 11 is 3.63. The lowest BCUT2D eigenvalue weighted by Gasteiger charge is -2.44. The Morgan fingerprint density at radius 1 is 1.15 bits per heavy atom. The number of nitrogens with zero attached hydrogens (tertiary/aromatic N) is 2. The minimum Gasteiger partial charge on any atom is -0.375 e. The maximum atomic E-state index is 6.70. The second-order valence-electron chi connectivity index (χ2n) is 11.2. The zero-order chi connectivity index (χ0) is 25.1. The Bertz CT molecular complexity index is 1020. The van der Waals surface area contributed by atoms with Gasteiger partial charge in [-0.05, 0) is 89.5 Å². The summed E-state index contributed by atoms with van der Waals surface area (Å²) in [7, 11) is 0. The van der Waals surface area contributed by atoms with Gasteiger partial charge in [-0.15, -0.1) is 0 Å². The van der Waals surface area contributed by atoms with Gasteiger partial charge in [0.05, 0.1) is 23.4 Å². The lowest BCUT2D eigenvalue weighted by Crippen LogP contribution is -2.44. The number of anilines is 1. The fraction of sp³-hybridized carbons (Fsp3) is 0.633. The predicted octanol–water partition coefficient (Wildman–Crippen LogP) is 9.22. The van der Waals surface area contributed by atoms with Crippen molar-refractivity contribution in [3.05, 3.63) is 45.7 Å². The average molecular weight is 530 g/mol. The Labute approximate surface area is 216 Å². The standard InChI is InChI=1S/C30H45BrN2O/c1-9-21(4)27(10-2)33(28-22(5)18-32-26-17-24(31)15-16-25(26)28)19-30(8,11-3)20-34-29(6,7)23-13-12-14-23/h15-18,23H,9-14,19-20H2,1-8H3/b27-21+. The van der Waals surface area contributed by atoms with Crippen molar-refractivity contribution in [3.8, 4) is 0 Å². The summed E-state index contributed by atoms with van der Waals surface area (Å²) in [5, 5.41) is 1.22. The number of aromatic nitrogens is 1. The van der Waals surface area contributed by atoms with Crippen molar-refractivity contribution < 1.29 is 4.74 Å². The molecule has 0 N–H and O–H groups in total. The third-order valence-corrected chi connectivity index (χ3v) is 8.71. The number of hydrogen-bond donors (Lipinski definition) is 0. The molecule has 1 aliphatic rings. The van der Waals surface area contributed by atoms with Crippen LogP contribution in [0.5, 0.6) is 0 Å². The summed E-state index contributed by atoms with van der Waals surface area (Å²) in [5.41, 5.74) is 6.42. The van der Waals surface area contributed by atoms with Crippen LogP contribution < -0.4 is 4.90 Å². The minimum atomic E-state index is -0.0478. The molecule has 0 radical (unpaired) electrons. The molecule has 0 spiro atoms. The number of halogens is 1. The third kappa shape index (κ3) is 5.87. The summed E-state index contributed by atoms with van der Waals surface area (Å²) in [4.78, 5) is 7.36. The highest BCUT2D eigenvalue weighted by atomic mass is 79.9. The molecule has 0 amide bonds. The van der Waals surface area contributed by atoms with Crippen LogP contribution in [0.1, 0.15) is 92.6 Å². The molecule has 3 rings (SSSR count). The summed E-state index contributed by atoms with van der Waals surface area (Å²) in [6, 6.07) is 6.48. The number of benzene rings is 1. The molecular weight excluding hydrogens is 484 g/mol. The first-order chi connectivity index (χ1) is 16.0. The van der Waals surface area contributed by atoms with Crippen molar-refractivity contribution in [2.75, 3.05) is 18.1 Å². The second-order valence-corrected chi connectivity index (χ2v) is 12.1. The smallest absolute Gasteiger partial charge is 0.0734 e. The third-order valence-electron chi connectivity index (χ3n) is 8.21. The molecular formula is C30H45BrN2O. The molecule has 1 saturated carbocycles. The first-order valence-electron chi connectivity index (χ1n) is 13.2. The van der Waals surface area contributed by atoms with Crippen molar-refractivity contribution in [2.45, 2.75) is 99.5 Å². The number of allylic oxidation sites excluding steroid dienone is 2. The van der Waals surface area contributed by atoms with Crippen LogP contribution in [0, 0.1) is 18.3 Å². The van der Waals surface area contributed by atoms with Gasteiger partial charge >= 0.3 is 0 Å². The molecule has 0 bridgehead atoms. The molecule has 3 nitrogen and oxygen atoms in total. The maximum Gasteiger partial charge on any atom is 0.0734 e. The fourth-order valence-electron chi connectivity index (χ4n) is 5.07. The van der Waals surface area contributed by atoms with E-state index in [1.807, 2.05) is 6.20 Å². The molecule has 1 aliphatic carbocycles. The molecule has 1 heterocycles. The van der Waals surface area contributed by atoms with Gasteiger partial charge in [0.2, 0.25) is 0 Å². The Kier molecular flexibility index (Phi) is 8.90. The van der Waals surface area contributed by atoms with Crippen LogP contribution in [-0.2, 0) is 4.74 Å². The minimum absolute atomic E-state index is 0.0346. The fourth-order valence-corrected chi connectivity index (χ4v) is 5.42. The molecule has 1 atom stereocenters. The number of ether oxygens (including phenoxy) is 1. The summed E-state index contributed by atoms with van der Waals surface area (Å²) in [6.45, 7) is 20.1. The zero-order valence-corrected chi connectivity index (χ0v) is 24.3. The van der Waals surface area contributed by atoms with E-state index in [0.29, 0.717) is 5.92 Å². The van der Waals surface area contributed by atoms with E-state index in [4.69, 9.17) is 9.72 Å². The lowest BCUT2D eigenvalue weighted by atomic mass is 9.74. The molecule has 1 aromatic heterocycles. The summed E-state index contributed by atoms with van der Waals surface area (Å²) in [6.07, 6.45) is 9.12. The van der Waals surface area contributed by atoms with Gasteiger partial charge in [0, 0.05) is 33.7 Å². The second kappa shape index (κ2) is 11.1. The molecule has 188 valence electrons.